The first-order valence-corrected chi connectivity index (χ1v) is 6.28. The van der Waals surface area contributed by atoms with Gasteiger partial charge in [-0.15, -0.1) is 0 Å². The van der Waals surface area contributed by atoms with Crippen molar-refractivity contribution >= 4 is 17.4 Å². The molecule has 16 heavy (non-hydrogen) atoms. The molecule has 0 aromatic carbocycles. The van der Waals surface area contributed by atoms with Crippen LogP contribution in [0.3, 0.4) is 0 Å². The molecule has 0 N–H and O–H groups in total. The summed E-state index contributed by atoms with van der Waals surface area (Å²) in [5.41, 5.74) is 0.551. The van der Waals surface area contributed by atoms with Crippen LogP contribution in [0.15, 0.2) is 18.3 Å². The zero-order valence-corrected chi connectivity index (χ0v) is 10.0. The van der Waals surface area contributed by atoms with Gasteiger partial charge in [-0.2, -0.15) is 0 Å². The number of carbonyl (C=O) groups excluding carboxylic acids is 1. The van der Waals surface area contributed by atoms with Crippen molar-refractivity contribution in [1.82, 2.24) is 4.98 Å². The fraction of sp³-hybridized carbons (Fsp3) is 0.538. The van der Waals surface area contributed by atoms with Crippen LogP contribution in [0.25, 0.3) is 0 Å². The van der Waals surface area contributed by atoms with E-state index in [4.69, 9.17) is 11.6 Å². The van der Waals surface area contributed by atoms with E-state index in [1.807, 2.05) is 0 Å². The molecule has 0 aliphatic heterocycles. The van der Waals surface area contributed by atoms with Gasteiger partial charge in [0.2, 0.25) is 0 Å². The largest absolute Gasteiger partial charge is 0.292 e. The predicted octanol–water partition coefficient (Wildman–Crippen LogP) is 3.89. The third-order valence-electron chi connectivity index (χ3n) is 3.21. The Bertz CT molecular complexity index is 355. The van der Waals surface area contributed by atoms with Crippen LogP contribution in [-0.2, 0) is 0 Å². The molecule has 2 rings (SSSR count). The van der Waals surface area contributed by atoms with Crippen molar-refractivity contribution in [3.05, 3.63) is 29.0 Å². The SMILES string of the molecule is O=C(CC1CCCCC1)c1ccc(Cl)cn1. The normalized spacial score (nSPS) is 17.3. The van der Waals surface area contributed by atoms with Crippen molar-refractivity contribution in [2.45, 2.75) is 38.5 Å². The van der Waals surface area contributed by atoms with Gasteiger partial charge in [-0.05, 0) is 18.1 Å². The minimum atomic E-state index is 0.156. The van der Waals surface area contributed by atoms with Crippen LogP contribution in [0.2, 0.25) is 5.02 Å². The smallest absolute Gasteiger partial charge is 0.181 e. The number of halogens is 1. The van der Waals surface area contributed by atoms with Gasteiger partial charge in [-0.25, -0.2) is 0 Å². The Labute approximate surface area is 101 Å². The Kier molecular flexibility index (Phi) is 3.94. The summed E-state index contributed by atoms with van der Waals surface area (Å²) in [4.78, 5) is 16.0. The minimum absolute atomic E-state index is 0.156. The number of hydrogen-bond acceptors (Lipinski definition) is 2. The number of ketones is 1. The van der Waals surface area contributed by atoms with Gasteiger partial charge in [0.1, 0.15) is 5.69 Å². The van der Waals surface area contributed by atoms with Crippen molar-refractivity contribution in [2.75, 3.05) is 0 Å². The lowest BCUT2D eigenvalue weighted by Crippen LogP contribution is -2.13. The monoisotopic (exact) mass is 237 g/mol. The Hall–Kier alpha value is -0.890. The Morgan fingerprint density at radius 3 is 2.69 bits per heavy atom. The van der Waals surface area contributed by atoms with Gasteiger partial charge in [0, 0.05) is 12.6 Å². The van der Waals surface area contributed by atoms with Gasteiger partial charge < -0.3 is 0 Å². The second-order valence-corrected chi connectivity index (χ2v) is 4.93. The fourth-order valence-corrected chi connectivity index (χ4v) is 2.41. The van der Waals surface area contributed by atoms with Gasteiger partial charge in [-0.3, -0.25) is 9.78 Å². The van der Waals surface area contributed by atoms with E-state index in [1.165, 1.54) is 38.3 Å². The highest BCUT2D eigenvalue weighted by Crippen LogP contribution is 2.27. The predicted molar refractivity (Wildman–Crippen MR) is 64.8 cm³/mol. The van der Waals surface area contributed by atoms with E-state index in [1.54, 1.807) is 12.1 Å². The maximum Gasteiger partial charge on any atom is 0.181 e. The quantitative estimate of drug-likeness (QED) is 0.747. The van der Waals surface area contributed by atoms with Crippen LogP contribution >= 0.6 is 11.6 Å². The average molecular weight is 238 g/mol. The summed E-state index contributed by atoms with van der Waals surface area (Å²) in [5.74, 6) is 0.724. The first kappa shape index (κ1) is 11.6. The summed E-state index contributed by atoms with van der Waals surface area (Å²) in [7, 11) is 0. The summed E-state index contributed by atoms with van der Waals surface area (Å²) in [6.07, 6.45) is 8.44. The van der Waals surface area contributed by atoms with Crippen LogP contribution < -0.4 is 0 Å². The zero-order valence-electron chi connectivity index (χ0n) is 9.29. The van der Waals surface area contributed by atoms with Crippen LogP contribution in [0.4, 0.5) is 0 Å². The molecule has 3 heteroatoms. The third kappa shape index (κ3) is 3.05. The molecule has 1 aliphatic rings. The Morgan fingerprint density at radius 1 is 1.31 bits per heavy atom. The summed E-state index contributed by atoms with van der Waals surface area (Å²) < 4.78 is 0. The molecule has 0 spiro atoms. The highest BCUT2D eigenvalue weighted by molar-refractivity contribution is 6.30. The van der Waals surface area contributed by atoms with Crippen molar-refractivity contribution < 1.29 is 4.79 Å². The number of rotatable bonds is 3. The lowest BCUT2D eigenvalue weighted by Gasteiger charge is -2.20. The average Bonchev–Trinajstić information content (AvgIpc) is 2.31. The number of Topliss-reactive ketones (excluding diaryl/α,β-unsaturated/α-hetero) is 1. The number of hydrogen-bond donors (Lipinski definition) is 0. The van der Waals surface area contributed by atoms with Gasteiger partial charge >= 0.3 is 0 Å². The van der Waals surface area contributed by atoms with E-state index in [9.17, 15) is 4.79 Å². The molecule has 2 nitrogen and oxygen atoms in total. The molecule has 1 heterocycles. The first-order chi connectivity index (χ1) is 7.75. The van der Waals surface area contributed by atoms with E-state index in [2.05, 4.69) is 4.98 Å². The van der Waals surface area contributed by atoms with Crippen LogP contribution in [0, 0.1) is 5.92 Å². The Morgan fingerprint density at radius 2 is 2.06 bits per heavy atom. The van der Waals surface area contributed by atoms with Crippen molar-refractivity contribution in [1.29, 1.82) is 0 Å². The fourth-order valence-electron chi connectivity index (χ4n) is 2.30. The molecular formula is C13H16ClNO. The molecule has 1 saturated carbocycles. The number of pyridine rings is 1. The van der Waals surface area contributed by atoms with Crippen molar-refractivity contribution in [3.63, 3.8) is 0 Å². The molecule has 0 radical (unpaired) electrons. The summed E-state index contributed by atoms with van der Waals surface area (Å²) in [5, 5.41) is 0.578. The standard InChI is InChI=1S/C13H16ClNO/c14-11-6-7-12(15-9-11)13(16)8-10-4-2-1-3-5-10/h6-7,9-10H,1-5,8H2. The molecule has 1 aromatic heterocycles. The number of aromatic nitrogens is 1. The Balaban J connectivity index is 1.94. The lowest BCUT2D eigenvalue weighted by molar-refractivity contribution is 0.0945. The molecule has 1 aromatic rings. The highest BCUT2D eigenvalue weighted by Gasteiger charge is 2.18. The molecule has 0 bridgehead atoms. The van der Waals surface area contributed by atoms with E-state index in [-0.39, 0.29) is 5.78 Å². The van der Waals surface area contributed by atoms with Gasteiger partial charge in [0.25, 0.3) is 0 Å². The maximum absolute atomic E-state index is 11.9. The molecule has 0 amide bonds. The van der Waals surface area contributed by atoms with Crippen molar-refractivity contribution in [3.8, 4) is 0 Å². The van der Waals surface area contributed by atoms with Gasteiger partial charge in [0.05, 0.1) is 5.02 Å². The van der Waals surface area contributed by atoms with Crippen molar-refractivity contribution in [2.24, 2.45) is 5.92 Å². The number of carbonyl (C=O) groups is 1. The van der Waals surface area contributed by atoms with Crippen LogP contribution in [0.5, 0.6) is 0 Å². The highest BCUT2D eigenvalue weighted by atomic mass is 35.5. The lowest BCUT2D eigenvalue weighted by atomic mass is 9.85. The second kappa shape index (κ2) is 5.44. The number of nitrogens with zero attached hydrogens (tertiary/aromatic N) is 1. The summed E-state index contributed by atoms with van der Waals surface area (Å²) in [6, 6.07) is 3.44. The molecule has 0 saturated heterocycles. The summed E-state index contributed by atoms with van der Waals surface area (Å²) in [6.45, 7) is 0. The molecule has 0 unspecified atom stereocenters. The molecule has 86 valence electrons. The molecular weight excluding hydrogens is 222 g/mol. The first-order valence-electron chi connectivity index (χ1n) is 5.90. The second-order valence-electron chi connectivity index (χ2n) is 4.49. The van der Waals surface area contributed by atoms with E-state index >= 15 is 0 Å². The van der Waals surface area contributed by atoms with E-state index < -0.39 is 0 Å². The maximum atomic E-state index is 11.9. The third-order valence-corrected chi connectivity index (χ3v) is 3.44. The minimum Gasteiger partial charge on any atom is -0.292 e. The van der Waals surface area contributed by atoms with Gasteiger partial charge in [-0.1, -0.05) is 43.7 Å². The topological polar surface area (TPSA) is 30.0 Å². The molecule has 0 atom stereocenters. The zero-order chi connectivity index (χ0) is 11.4. The summed E-state index contributed by atoms with van der Waals surface area (Å²) >= 11 is 5.73. The molecule has 1 fully saturated rings. The molecule has 1 aliphatic carbocycles. The van der Waals surface area contributed by atoms with Crippen LogP contribution in [0.1, 0.15) is 49.0 Å². The van der Waals surface area contributed by atoms with Crippen LogP contribution in [-0.4, -0.2) is 10.8 Å². The van der Waals surface area contributed by atoms with Gasteiger partial charge in [0.15, 0.2) is 5.78 Å². The van der Waals surface area contributed by atoms with E-state index in [0.29, 0.717) is 23.1 Å². The van der Waals surface area contributed by atoms with E-state index in [0.717, 1.165) is 0 Å².